The number of rotatable bonds is 3. The van der Waals surface area contributed by atoms with Gasteiger partial charge in [0.2, 0.25) is 0 Å². The van der Waals surface area contributed by atoms with Crippen molar-refractivity contribution in [2.45, 2.75) is 32.4 Å². The summed E-state index contributed by atoms with van der Waals surface area (Å²) in [7, 11) is 0. The summed E-state index contributed by atoms with van der Waals surface area (Å²) in [5, 5.41) is 0.743. The minimum absolute atomic E-state index is 0.743. The van der Waals surface area contributed by atoms with Crippen molar-refractivity contribution in [2.75, 3.05) is 0 Å². The molecule has 0 aromatic heterocycles. The molecule has 1 atom stereocenters. The maximum Gasteiger partial charge on any atom is 0.00599 e. The summed E-state index contributed by atoms with van der Waals surface area (Å²) in [6.45, 7) is 10.3. The summed E-state index contributed by atoms with van der Waals surface area (Å²) in [6.07, 6.45) is 1.23. The van der Waals surface area contributed by atoms with Crippen LogP contribution in [0.15, 0.2) is 11.5 Å². The van der Waals surface area contributed by atoms with Gasteiger partial charge in [-0.2, -0.15) is 0 Å². The smallest absolute Gasteiger partial charge is 0.00599 e. The van der Waals surface area contributed by atoms with Crippen LogP contribution in [0.2, 0.25) is 0 Å². The second-order valence-electron chi connectivity index (χ2n) is 2.04. The molecule has 48 valence electrons. The Balaban J connectivity index is 3.24. The number of hydrogen-bond donors (Lipinski definition) is 0. The maximum absolute atomic E-state index is 3.81. The van der Waals surface area contributed by atoms with Crippen LogP contribution < -0.4 is 0 Å². The molecule has 0 spiro atoms. The third kappa shape index (κ3) is 4.25. The van der Waals surface area contributed by atoms with E-state index in [4.69, 9.17) is 0 Å². The van der Waals surface area contributed by atoms with Crippen molar-refractivity contribution < 1.29 is 0 Å². The van der Waals surface area contributed by atoms with Crippen molar-refractivity contribution in [3.05, 3.63) is 11.5 Å². The fourth-order valence-corrected chi connectivity index (χ4v) is 1.28. The second-order valence-corrected chi connectivity index (χ2v) is 3.78. The van der Waals surface area contributed by atoms with E-state index in [0.717, 1.165) is 5.25 Å². The molecule has 0 saturated heterocycles. The van der Waals surface area contributed by atoms with Gasteiger partial charge >= 0.3 is 0 Å². The molecule has 0 amide bonds. The zero-order valence-electron chi connectivity index (χ0n) is 5.90. The highest BCUT2D eigenvalue weighted by atomic mass is 32.2. The molecule has 0 aliphatic heterocycles. The third-order valence-electron chi connectivity index (χ3n) is 0.977. The minimum atomic E-state index is 0.743. The van der Waals surface area contributed by atoms with Gasteiger partial charge in [0.15, 0.2) is 0 Å². The van der Waals surface area contributed by atoms with Crippen LogP contribution in [0.5, 0.6) is 0 Å². The summed E-state index contributed by atoms with van der Waals surface area (Å²) >= 11 is 1.86. The molecule has 0 rings (SSSR count). The van der Waals surface area contributed by atoms with E-state index in [1.165, 1.54) is 11.3 Å². The lowest BCUT2D eigenvalue weighted by Gasteiger charge is -2.05. The first-order valence-electron chi connectivity index (χ1n) is 2.99. The summed E-state index contributed by atoms with van der Waals surface area (Å²) in [6, 6.07) is 0. The van der Waals surface area contributed by atoms with Crippen LogP contribution in [0.1, 0.15) is 27.2 Å². The molecule has 0 saturated carbocycles. The Morgan fingerprint density at radius 3 is 2.38 bits per heavy atom. The normalized spacial score (nSPS) is 13.4. The Labute approximate surface area is 56.4 Å². The standard InChI is InChI=1S/C7H14S/c1-5-7(4)8-6(2)3/h7H,2,5H2,1,3-4H3. The molecule has 8 heavy (non-hydrogen) atoms. The molecule has 0 aliphatic carbocycles. The topological polar surface area (TPSA) is 0 Å². The summed E-state index contributed by atoms with van der Waals surface area (Å²) in [4.78, 5) is 1.22. The van der Waals surface area contributed by atoms with Gasteiger partial charge in [-0.15, -0.1) is 11.8 Å². The summed E-state index contributed by atoms with van der Waals surface area (Å²) < 4.78 is 0. The van der Waals surface area contributed by atoms with E-state index in [9.17, 15) is 0 Å². The quantitative estimate of drug-likeness (QED) is 0.566. The van der Waals surface area contributed by atoms with Crippen molar-refractivity contribution in [1.82, 2.24) is 0 Å². The molecule has 0 aliphatic rings. The molecule has 0 N–H and O–H groups in total. The first-order valence-corrected chi connectivity index (χ1v) is 3.87. The Hall–Kier alpha value is 0.0900. The van der Waals surface area contributed by atoms with Gasteiger partial charge in [0.1, 0.15) is 0 Å². The second kappa shape index (κ2) is 4.02. The highest BCUT2D eigenvalue weighted by molar-refractivity contribution is 8.03. The van der Waals surface area contributed by atoms with E-state index in [1.54, 1.807) is 0 Å². The fourth-order valence-electron chi connectivity index (χ4n) is 0.427. The number of thioether (sulfide) groups is 1. The van der Waals surface area contributed by atoms with Gasteiger partial charge in [-0.3, -0.25) is 0 Å². The van der Waals surface area contributed by atoms with Gasteiger partial charge in [-0.05, 0) is 18.2 Å². The Morgan fingerprint density at radius 1 is 1.75 bits per heavy atom. The molecule has 1 heteroatoms. The van der Waals surface area contributed by atoms with Crippen molar-refractivity contribution in [3.8, 4) is 0 Å². The lowest BCUT2D eigenvalue weighted by molar-refractivity contribution is 0.909. The SMILES string of the molecule is C=C(C)SC(C)CC. The lowest BCUT2D eigenvalue weighted by Crippen LogP contribution is -1.90. The molecule has 0 bridgehead atoms. The molecule has 0 nitrogen and oxygen atoms in total. The molecule has 0 aromatic rings. The summed E-state index contributed by atoms with van der Waals surface area (Å²) in [5.74, 6) is 0. The Bertz CT molecular complexity index is 76.5. The molecule has 0 fully saturated rings. The van der Waals surface area contributed by atoms with Gasteiger partial charge in [0, 0.05) is 5.25 Å². The zero-order valence-corrected chi connectivity index (χ0v) is 6.72. The largest absolute Gasteiger partial charge is 0.128 e. The molecule has 0 heterocycles. The van der Waals surface area contributed by atoms with Crippen molar-refractivity contribution in [3.63, 3.8) is 0 Å². The van der Waals surface area contributed by atoms with E-state index < -0.39 is 0 Å². The third-order valence-corrected chi connectivity index (χ3v) is 2.12. The van der Waals surface area contributed by atoms with Crippen LogP contribution in [0.4, 0.5) is 0 Å². The predicted molar refractivity (Wildman–Crippen MR) is 42.2 cm³/mol. The van der Waals surface area contributed by atoms with E-state index >= 15 is 0 Å². The van der Waals surface area contributed by atoms with E-state index in [1.807, 2.05) is 11.8 Å². The first-order chi connectivity index (χ1) is 3.66. The monoisotopic (exact) mass is 130 g/mol. The Morgan fingerprint density at radius 2 is 2.25 bits per heavy atom. The maximum atomic E-state index is 3.81. The van der Waals surface area contributed by atoms with Crippen LogP contribution in [-0.2, 0) is 0 Å². The van der Waals surface area contributed by atoms with Gasteiger partial charge in [0.05, 0.1) is 0 Å². The van der Waals surface area contributed by atoms with Crippen molar-refractivity contribution in [2.24, 2.45) is 0 Å². The fraction of sp³-hybridized carbons (Fsp3) is 0.714. The zero-order chi connectivity index (χ0) is 6.57. The molecule has 1 unspecified atom stereocenters. The van der Waals surface area contributed by atoms with Crippen LogP contribution in [0.3, 0.4) is 0 Å². The highest BCUT2D eigenvalue weighted by Crippen LogP contribution is 2.20. The van der Waals surface area contributed by atoms with Gasteiger partial charge in [0.25, 0.3) is 0 Å². The van der Waals surface area contributed by atoms with E-state index in [2.05, 4.69) is 27.4 Å². The molecular weight excluding hydrogens is 116 g/mol. The number of hydrogen-bond acceptors (Lipinski definition) is 1. The lowest BCUT2D eigenvalue weighted by atomic mass is 10.4. The van der Waals surface area contributed by atoms with Crippen LogP contribution in [-0.4, -0.2) is 5.25 Å². The van der Waals surface area contributed by atoms with Crippen LogP contribution >= 0.6 is 11.8 Å². The Kier molecular flexibility index (Phi) is 4.06. The average molecular weight is 130 g/mol. The first kappa shape index (κ1) is 8.09. The number of allylic oxidation sites excluding steroid dienone is 1. The van der Waals surface area contributed by atoms with E-state index in [-0.39, 0.29) is 0 Å². The molecular formula is C7H14S. The average Bonchev–Trinajstić information content (AvgIpc) is 1.65. The van der Waals surface area contributed by atoms with Gasteiger partial charge in [-0.1, -0.05) is 20.4 Å². The molecule has 0 radical (unpaired) electrons. The molecule has 0 aromatic carbocycles. The van der Waals surface area contributed by atoms with Gasteiger partial charge in [-0.25, -0.2) is 0 Å². The minimum Gasteiger partial charge on any atom is -0.128 e. The van der Waals surface area contributed by atoms with E-state index in [0.29, 0.717) is 0 Å². The highest BCUT2D eigenvalue weighted by Gasteiger charge is 1.96. The van der Waals surface area contributed by atoms with Crippen LogP contribution in [0.25, 0.3) is 0 Å². The van der Waals surface area contributed by atoms with Crippen molar-refractivity contribution >= 4 is 11.8 Å². The predicted octanol–water partition coefficient (Wildman–Crippen LogP) is 3.05. The van der Waals surface area contributed by atoms with Crippen LogP contribution in [0, 0.1) is 0 Å². The van der Waals surface area contributed by atoms with Crippen molar-refractivity contribution in [1.29, 1.82) is 0 Å². The van der Waals surface area contributed by atoms with Gasteiger partial charge < -0.3 is 0 Å². The summed E-state index contributed by atoms with van der Waals surface area (Å²) in [5.41, 5.74) is 0.